The van der Waals surface area contributed by atoms with Gasteiger partial charge in [0.25, 0.3) is 5.88 Å². The van der Waals surface area contributed by atoms with Crippen LogP contribution in [0, 0.1) is 6.92 Å². The molecule has 2 heterocycles. The minimum absolute atomic E-state index is 0.708. The van der Waals surface area contributed by atoms with Crippen molar-refractivity contribution in [1.29, 1.82) is 0 Å². The number of anilines is 3. The molecule has 6 heteroatoms. The monoisotopic (exact) mass is 297 g/mol. The Morgan fingerprint density at radius 1 is 1.44 bits per heavy atom. The first-order chi connectivity index (χ1) is 7.77. The highest BCUT2D eigenvalue weighted by atomic mass is 79.9. The van der Waals surface area contributed by atoms with Gasteiger partial charge in [-0.2, -0.15) is 0 Å². The number of nitrogens with one attached hydrogen (secondary N) is 1. The summed E-state index contributed by atoms with van der Waals surface area (Å²) in [5, 5.41) is 3.93. The zero-order valence-corrected chi connectivity index (χ0v) is 10.8. The molecule has 0 amide bonds. The summed E-state index contributed by atoms with van der Waals surface area (Å²) in [6.07, 6.45) is 0. The molecular weight excluding hydrogens is 290 g/mol. The van der Waals surface area contributed by atoms with Crippen LogP contribution in [0.25, 0.3) is 0 Å². The van der Waals surface area contributed by atoms with Crippen LogP contribution >= 0.6 is 28.1 Å². The van der Waals surface area contributed by atoms with Gasteiger partial charge in [0.05, 0.1) is 29.2 Å². The van der Waals surface area contributed by atoms with Gasteiger partial charge in [-0.15, -0.1) is 0 Å². The first-order valence-corrected chi connectivity index (χ1v) is 6.28. The number of hydrogen-bond acceptors (Lipinski definition) is 5. The molecule has 4 nitrogen and oxygen atoms in total. The molecule has 1 aromatic heterocycles. The van der Waals surface area contributed by atoms with Crippen molar-refractivity contribution in [1.82, 2.24) is 5.16 Å². The Bertz CT molecular complexity index is 543. The van der Waals surface area contributed by atoms with E-state index in [1.54, 1.807) is 0 Å². The van der Waals surface area contributed by atoms with E-state index in [-0.39, 0.29) is 0 Å². The second-order valence-corrected chi connectivity index (χ2v) is 4.94. The fourth-order valence-corrected chi connectivity index (χ4v) is 2.77. The standard InChI is InChI=1S/C10H8BrN3OS/c1-6-9(11)10(15-12-6)14-8-5-3-2-4-7(8)13-16-14/h2-5,13H,1H3. The highest BCUT2D eigenvalue weighted by Gasteiger charge is 2.27. The predicted octanol–water partition coefficient (Wildman–Crippen LogP) is 3.87. The molecule has 0 aliphatic carbocycles. The van der Waals surface area contributed by atoms with Crippen LogP contribution in [0.4, 0.5) is 17.3 Å². The molecule has 0 bridgehead atoms. The third-order valence-corrected chi connectivity index (χ3v) is 4.10. The van der Waals surface area contributed by atoms with Crippen molar-refractivity contribution in [2.24, 2.45) is 0 Å². The fraction of sp³-hybridized carbons (Fsp3) is 0.100. The molecule has 82 valence electrons. The van der Waals surface area contributed by atoms with Crippen molar-refractivity contribution < 1.29 is 4.52 Å². The number of para-hydroxylation sites is 2. The molecule has 3 rings (SSSR count). The molecule has 2 aromatic rings. The summed E-state index contributed by atoms with van der Waals surface area (Å²) in [6.45, 7) is 1.90. The van der Waals surface area contributed by atoms with Crippen molar-refractivity contribution in [3.63, 3.8) is 0 Å². The Balaban J connectivity index is 2.08. The minimum atomic E-state index is 0.708. The summed E-state index contributed by atoms with van der Waals surface area (Å²) in [5.74, 6) is 0.708. The van der Waals surface area contributed by atoms with Crippen LogP contribution in [0.3, 0.4) is 0 Å². The largest absolute Gasteiger partial charge is 0.336 e. The Hall–Kier alpha value is -1.14. The SMILES string of the molecule is Cc1noc(N2SNc3ccccc32)c1Br. The van der Waals surface area contributed by atoms with Crippen molar-refractivity contribution in [3.05, 3.63) is 34.4 Å². The Kier molecular flexibility index (Phi) is 2.33. The van der Waals surface area contributed by atoms with E-state index < -0.39 is 0 Å². The topological polar surface area (TPSA) is 41.3 Å². The number of halogens is 1. The third kappa shape index (κ3) is 1.41. The third-order valence-electron chi connectivity index (χ3n) is 2.33. The number of aromatic nitrogens is 1. The fourth-order valence-electron chi connectivity index (χ4n) is 1.50. The van der Waals surface area contributed by atoms with Crippen molar-refractivity contribution >= 4 is 45.3 Å². The van der Waals surface area contributed by atoms with Crippen molar-refractivity contribution in [3.8, 4) is 0 Å². The van der Waals surface area contributed by atoms with Gasteiger partial charge in [-0.05, 0) is 35.0 Å². The van der Waals surface area contributed by atoms with E-state index in [0.717, 1.165) is 21.5 Å². The van der Waals surface area contributed by atoms with Crippen LogP contribution in [0.5, 0.6) is 0 Å². The number of hydrogen-bond donors (Lipinski definition) is 1. The van der Waals surface area contributed by atoms with Gasteiger partial charge in [0, 0.05) is 0 Å². The normalized spacial score (nSPS) is 13.8. The first-order valence-electron chi connectivity index (χ1n) is 4.71. The van der Waals surface area contributed by atoms with Crippen molar-refractivity contribution in [2.45, 2.75) is 6.92 Å². The van der Waals surface area contributed by atoms with Gasteiger partial charge in [0.1, 0.15) is 4.47 Å². The lowest BCUT2D eigenvalue weighted by atomic mass is 10.3. The van der Waals surface area contributed by atoms with E-state index in [1.807, 2.05) is 35.5 Å². The maximum Gasteiger partial charge on any atom is 0.257 e. The first kappa shape index (κ1) is 10.0. The van der Waals surface area contributed by atoms with Crippen molar-refractivity contribution in [2.75, 3.05) is 9.03 Å². The summed E-state index contributed by atoms with van der Waals surface area (Å²) < 4.78 is 11.4. The Morgan fingerprint density at radius 2 is 2.25 bits per heavy atom. The number of fused-ring (bicyclic) bond motifs is 1. The maximum absolute atomic E-state index is 5.30. The van der Waals surface area contributed by atoms with Gasteiger partial charge in [0.2, 0.25) is 0 Å². The lowest BCUT2D eigenvalue weighted by molar-refractivity contribution is 0.426. The molecule has 0 unspecified atom stereocenters. The summed E-state index contributed by atoms with van der Waals surface area (Å²) >= 11 is 4.94. The van der Waals surface area contributed by atoms with Gasteiger partial charge in [0.15, 0.2) is 0 Å². The lowest BCUT2D eigenvalue weighted by Crippen LogP contribution is -2.01. The van der Waals surface area contributed by atoms with E-state index >= 15 is 0 Å². The summed E-state index contributed by atoms with van der Waals surface area (Å²) in [6, 6.07) is 8.05. The second-order valence-electron chi connectivity index (χ2n) is 3.39. The van der Waals surface area contributed by atoms with E-state index in [4.69, 9.17) is 4.52 Å². The average Bonchev–Trinajstić information content (AvgIpc) is 2.85. The Morgan fingerprint density at radius 3 is 3.00 bits per heavy atom. The van der Waals surface area contributed by atoms with Gasteiger partial charge < -0.3 is 9.25 Å². The molecule has 16 heavy (non-hydrogen) atoms. The summed E-state index contributed by atoms with van der Waals surface area (Å²) in [4.78, 5) is 0. The smallest absolute Gasteiger partial charge is 0.257 e. The lowest BCUT2D eigenvalue weighted by Gasteiger charge is -2.11. The molecule has 1 N–H and O–H groups in total. The highest BCUT2D eigenvalue weighted by molar-refractivity contribution is 9.10. The Labute approximate surface area is 105 Å². The summed E-state index contributed by atoms with van der Waals surface area (Å²) in [5.41, 5.74) is 3.00. The predicted molar refractivity (Wildman–Crippen MR) is 68.7 cm³/mol. The molecule has 0 radical (unpaired) electrons. The molecular formula is C10H8BrN3OS. The zero-order chi connectivity index (χ0) is 11.1. The molecule has 1 aromatic carbocycles. The zero-order valence-electron chi connectivity index (χ0n) is 8.40. The molecule has 1 aliphatic rings. The molecule has 0 spiro atoms. The number of benzene rings is 1. The van der Waals surface area contributed by atoms with Gasteiger partial charge in [-0.25, -0.2) is 4.31 Å². The van der Waals surface area contributed by atoms with Gasteiger partial charge >= 0.3 is 0 Å². The van der Waals surface area contributed by atoms with Crippen LogP contribution in [0.2, 0.25) is 0 Å². The second kappa shape index (κ2) is 3.71. The summed E-state index contributed by atoms with van der Waals surface area (Å²) in [7, 11) is 0. The van der Waals surface area contributed by atoms with E-state index in [2.05, 4.69) is 25.8 Å². The quantitative estimate of drug-likeness (QED) is 0.809. The molecule has 0 saturated heterocycles. The van der Waals surface area contributed by atoms with E-state index in [0.29, 0.717) is 5.88 Å². The van der Waals surface area contributed by atoms with E-state index in [1.165, 1.54) is 12.1 Å². The van der Waals surface area contributed by atoms with Crippen LogP contribution < -0.4 is 9.03 Å². The molecule has 1 aliphatic heterocycles. The average molecular weight is 298 g/mol. The molecule has 0 atom stereocenters. The van der Waals surface area contributed by atoms with Gasteiger partial charge in [-0.1, -0.05) is 17.3 Å². The number of nitrogens with zero attached hydrogens (tertiary/aromatic N) is 2. The number of rotatable bonds is 1. The van der Waals surface area contributed by atoms with E-state index in [9.17, 15) is 0 Å². The van der Waals surface area contributed by atoms with Crippen LogP contribution in [-0.4, -0.2) is 5.16 Å². The maximum atomic E-state index is 5.30. The molecule has 0 fully saturated rings. The number of aryl methyl sites for hydroxylation is 1. The van der Waals surface area contributed by atoms with Crippen LogP contribution in [-0.2, 0) is 0 Å². The molecule has 0 saturated carbocycles. The minimum Gasteiger partial charge on any atom is -0.336 e. The van der Waals surface area contributed by atoms with Gasteiger partial charge in [-0.3, -0.25) is 0 Å². The highest BCUT2D eigenvalue weighted by Crippen LogP contribution is 2.46. The van der Waals surface area contributed by atoms with Crippen LogP contribution in [0.15, 0.2) is 33.3 Å². The van der Waals surface area contributed by atoms with Crippen LogP contribution in [0.1, 0.15) is 5.69 Å².